The molecule has 0 radical (unpaired) electrons. The van der Waals surface area contributed by atoms with E-state index >= 15 is 0 Å². The van der Waals surface area contributed by atoms with Gasteiger partial charge in [-0.2, -0.15) is 0 Å². The average Bonchev–Trinajstić information content (AvgIpc) is 4.12. The van der Waals surface area contributed by atoms with Gasteiger partial charge in [0, 0.05) is 57.5 Å². The van der Waals surface area contributed by atoms with E-state index < -0.39 is 16.1 Å². The fourth-order valence-electron chi connectivity index (χ4n) is 8.88. The maximum Gasteiger partial charge on any atom is 0.263 e. The second-order valence-electron chi connectivity index (χ2n) is 16.7. The molecule has 0 bridgehead atoms. The van der Waals surface area contributed by atoms with Crippen molar-refractivity contribution < 1.29 is 9.59 Å². The molecule has 0 N–H and O–H groups in total. The highest BCUT2D eigenvalue weighted by Gasteiger charge is 2.28. The Hall–Kier alpha value is -4.19. The molecule has 2 fully saturated rings. The number of nitrogens with zero attached hydrogens (tertiary/aromatic N) is 2. The predicted molar refractivity (Wildman–Crippen MR) is 262 cm³/mol. The van der Waals surface area contributed by atoms with E-state index in [2.05, 4.69) is 120 Å². The van der Waals surface area contributed by atoms with Crippen molar-refractivity contribution in [2.45, 2.75) is 110 Å². The molecule has 8 heteroatoms. The molecule has 0 spiro atoms. The van der Waals surface area contributed by atoms with Crippen molar-refractivity contribution in [3.05, 3.63) is 93.2 Å². The Morgan fingerprint density at radius 2 is 0.898 bits per heavy atom. The van der Waals surface area contributed by atoms with Crippen LogP contribution >= 0.6 is 22.7 Å². The van der Waals surface area contributed by atoms with Crippen LogP contribution in [0.4, 0.5) is 0 Å². The molecule has 2 aliphatic heterocycles. The number of aryl methyl sites for hydroxylation is 1. The molecule has 0 aliphatic carbocycles. The van der Waals surface area contributed by atoms with E-state index in [0.717, 1.165) is 151 Å². The minimum absolute atomic E-state index is 0.154. The lowest BCUT2D eigenvalue weighted by Crippen LogP contribution is -2.29. The van der Waals surface area contributed by atoms with E-state index in [-0.39, 0.29) is 11.8 Å². The molecule has 8 rings (SSSR count). The molecule has 2 aromatic heterocycles. The first-order valence-corrected chi connectivity index (χ1v) is 29.1. The van der Waals surface area contributed by atoms with Gasteiger partial charge in [-0.05, 0) is 127 Å². The zero-order chi connectivity index (χ0) is 41.7. The van der Waals surface area contributed by atoms with Crippen LogP contribution in [0.3, 0.4) is 0 Å². The molecule has 4 aromatic carbocycles. The fourth-order valence-corrected chi connectivity index (χ4v) is 15.8. The summed E-state index contributed by atoms with van der Waals surface area (Å²) in [6.07, 6.45) is 4.33. The average molecular weight is 853 g/mol. The maximum atomic E-state index is 13.6. The van der Waals surface area contributed by atoms with E-state index in [1.807, 2.05) is 28.0 Å². The van der Waals surface area contributed by atoms with Crippen molar-refractivity contribution >= 4 is 92.4 Å². The van der Waals surface area contributed by atoms with Crippen LogP contribution < -0.4 is 0 Å². The first kappa shape index (κ1) is 42.9. The molecule has 2 aliphatic rings. The van der Waals surface area contributed by atoms with Gasteiger partial charge in [-0.1, -0.05) is 89.3 Å². The third-order valence-corrected chi connectivity index (χ3v) is 25.1. The summed E-state index contributed by atoms with van der Waals surface area (Å²) >= 11 is 3.23. The van der Waals surface area contributed by atoms with Crippen molar-refractivity contribution in [1.29, 1.82) is 0 Å². The summed E-state index contributed by atoms with van der Waals surface area (Å²) in [5, 5.41) is 6.71. The Balaban J connectivity index is 0.000000684. The van der Waals surface area contributed by atoms with Gasteiger partial charge >= 0.3 is 0 Å². The van der Waals surface area contributed by atoms with E-state index in [1.165, 1.54) is 5.56 Å². The van der Waals surface area contributed by atoms with Crippen LogP contribution in [0, 0.1) is 29.9 Å². The third kappa shape index (κ3) is 8.84. The summed E-state index contributed by atoms with van der Waals surface area (Å²) in [7, 11) is -3.56. The van der Waals surface area contributed by atoms with Crippen LogP contribution in [-0.4, -0.2) is 63.9 Å². The van der Waals surface area contributed by atoms with Gasteiger partial charge in [0.2, 0.25) is 0 Å². The molecule has 306 valence electrons. The number of hydrogen-bond acceptors (Lipinski definition) is 4. The van der Waals surface area contributed by atoms with Crippen molar-refractivity contribution in [2.75, 3.05) is 26.2 Å². The van der Waals surface area contributed by atoms with Crippen molar-refractivity contribution in [2.24, 2.45) is 0 Å². The zero-order valence-corrected chi connectivity index (χ0v) is 39.9. The lowest BCUT2D eigenvalue weighted by Gasteiger charge is -2.21. The number of fused-ring (bicyclic) bond motifs is 4. The first-order valence-electron chi connectivity index (χ1n) is 22.2. The first-order chi connectivity index (χ1) is 28.6. The summed E-state index contributed by atoms with van der Waals surface area (Å²) < 4.78 is 2.24. The zero-order valence-electron chi connectivity index (χ0n) is 36.3. The van der Waals surface area contributed by atoms with Crippen LogP contribution in [0.25, 0.3) is 41.7 Å². The van der Waals surface area contributed by atoms with E-state index in [0.29, 0.717) is 0 Å². The lowest BCUT2D eigenvalue weighted by atomic mass is 9.91. The SMILES string of the molecule is CC[Si](C#Cc1c2cc3cc(C(=O)N4CCCC4)sc3cc2c(C#C[Si](CC)(CC)CC)c2cc3sc(C(=O)N4CCCC4)cc3cc12)(CC)CC.Cc1ccccc1. The molecular weight excluding hydrogens is 793 g/mol. The highest BCUT2D eigenvalue weighted by molar-refractivity contribution is 7.21. The molecular formula is C51H60N2O2S2Si2. The van der Waals surface area contributed by atoms with Crippen molar-refractivity contribution in [1.82, 2.24) is 9.80 Å². The second-order valence-corrected chi connectivity index (χ2v) is 28.7. The molecule has 4 nitrogen and oxygen atoms in total. The van der Waals surface area contributed by atoms with Crippen LogP contribution in [0.1, 0.15) is 103 Å². The quantitative estimate of drug-likeness (QED) is 0.0869. The molecule has 0 unspecified atom stereocenters. The number of amides is 2. The Labute approximate surface area is 362 Å². The van der Waals surface area contributed by atoms with Crippen LogP contribution in [-0.2, 0) is 0 Å². The smallest absolute Gasteiger partial charge is 0.263 e. The van der Waals surface area contributed by atoms with Gasteiger partial charge in [0.05, 0.1) is 9.75 Å². The van der Waals surface area contributed by atoms with Crippen molar-refractivity contribution in [3.8, 4) is 22.9 Å². The summed E-state index contributed by atoms with van der Waals surface area (Å²) in [5.74, 6) is 8.04. The van der Waals surface area contributed by atoms with Crippen molar-refractivity contribution in [3.63, 3.8) is 0 Å². The van der Waals surface area contributed by atoms with Gasteiger partial charge in [0.25, 0.3) is 11.8 Å². The second kappa shape index (κ2) is 18.6. The van der Waals surface area contributed by atoms with Gasteiger partial charge in [-0.25, -0.2) is 0 Å². The molecule has 59 heavy (non-hydrogen) atoms. The van der Waals surface area contributed by atoms with Gasteiger partial charge in [0.15, 0.2) is 0 Å². The summed E-state index contributed by atoms with van der Waals surface area (Å²) in [5.41, 5.74) is 11.3. The van der Waals surface area contributed by atoms with Crippen LogP contribution in [0.5, 0.6) is 0 Å². The Kier molecular flexibility index (Phi) is 13.5. The molecule has 4 heterocycles. The molecule has 2 amide bonds. The van der Waals surface area contributed by atoms with Crippen LogP contribution in [0.2, 0.25) is 36.3 Å². The highest BCUT2D eigenvalue weighted by Crippen LogP contribution is 2.41. The Bertz CT molecular complexity index is 2350. The lowest BCUT2D eigenvalue weighted by molar-refractivity contribution is 0.0790. The maximum absolute atomic E-state index is 13.6. The number of carbonyl (C=O) groups excluding carboxylic acids is 2. The van der Waals surface area contributed by atoms with Gasteiger partial charge in [-0.15, -0.1) is 33.8 Å². The summed E-state index contributed by atoms with van der Waals surface area (Å²) in [6, 6.07) is 30.5. The molecule has 6 aromatic rings. The fraction of sp³-hybridized carbons (Fsp3) is 0.412. The number of hydrogen-bond donors (Lipinski definition) is 0. The highest BCUT2D eigenvalue weighted by atomic mass is 32.1. The summed E-state index contributed by atoms with van der Waals surface area (Å²) in [6.45, 7) is 19.4. The predicted octanol–water partition coefficient (Wildman–Crippen LogP) is 13.7. The minimum atomic E-state index is -1.78. The van der Waals surface area contributed by atoms with Crippen LogP contribution in [0.15, 0.2) is 66.7 Å². The Morgan fingerprint density at radius 3 is 1.22 bits per heavy atom. The largest absolute Gasteiger partial charge is 0.338 e. The summed E-state index contributed by atoms with van der Waals surface area (Å²) in [4.78, 5) is 32.8. The van der Waals surface area contributed by atoms with E-state index in [4.69, 9.17) is 0 Å². The van der Waals surface area contributed by atoms with E-state index in [1.54, 1.807) is 22.7 Å². The number of likely N-dealkylation sites (tertiary alicyclic amines) is 2. The monoisotopic (exact) mass is 852 g/mol. The van der Waals surface area contributed by atoms with E-state index in [9.17, 15) is 9.59 Å². The third-order valence-electron chi connectivity index (χ3n) is 13.5. The molecule has 0 atom stereocenters. The molecule has 2 saturated heterocycles. The van der Waals surface area contributed by atoms with Gasteiger partial charge in [0.1, 0.15) is 16.1 Å². The molecule has 0 saturated carbocycles. The standard InChI is InChI=1S/C44H52N2O2S2Si2.C7H8/c1-7-51(8-2,9-3)23-17-33-35-25-31-27-41(43(47)45-19-13-14-20-45)49-39(31)29-37(35)34(18-24-52(10-4,11-5)12-6)38-30-40-32(26-36(33)38)28-42(50-40)44(48)46-21-15-16-22-46;1-7-5-3-2-4-6-7/h25-30H,7-16,19-22H2,1-6H3;2-6H,1H3. The number of rotatable bonds is 8. The number of carbonyl (C=O) groups is 2. The van der Waals surface area contributed by atoms with Gasteiger partial charge < -0.3 is 9.80 Å². The Morgan fingerprint density at radius 1 is 0.542 bits per heavy atom. The topological polar surface area (TPSA) is 40.6 Å². The number of benzene rings is 4. The number of thiophene rings is 2. The van der Waals surface area contributed by atoms with Gasteiger partial charge in [-0.3, -0.25) is 9.59 Å². The normalized spacial score (nSPS) is 14.4. The minimum Gasteiger partial charge on any atom is -0.338 e.